The highest BCUT2D eigenvalue weighted by Gasteiger charge is 2.48. The SMILES string of the molecule is Cn1ccnc1/C(C(=O)C(F)(F)F)=C(/O)C(F)(F)F. The maximum Gasteiger partial charge on any atom is 0.455 e. The fourth-order valence-electron chi connectivity index (χ4n) is 1.20. The largest absolute Gasteiger partial charge is 0.504 e. The molecule has 0 bridgehead atoms. The normalized spacial score (nSPS) is 14.3. The highest BCUT2D eigenvalue weighted by atomic mass is 19.4. The Bertz CT molecular complexity index is 526. The van der Waals surface area contributed by atoms with Crippen molar-refractivity contribution in [3.63, 3.8) is 0 Å². The lowest BCUT2D eigenvalue weighted by molar-refractivity contribution is -0.165. The van der Waals surface area contributed by atoms with E-state index in [0.29, 0.717) is 0 Å². The van der Waals surface area contributed by atoms with Crippen LogP contribution in [0.15, 0.2) is 18.2 Å². The fraction of sp³-hybridized carbons (Fsp3) is 0.333. The van der Waals surface area contributed by atoms with Gasteiger partial charge in [-0.25, -0.2) is 4.98 Å². The molecule has 0 aliphatic heterocycles. The Hall–Kier alpha value is -2.00. The second kappa shape index (κ2) is 4.59. The van der Waals surface area contributed by atoms with Crippen LogP contribution in [-0.2, 0) is 11.8 Å². The molecule has 4 nitrogen and oxygen atoms in total. The van der Waals surface area contributed by atoms with Gasteiger partial charge in [0.1, 0.15) is 11.4 Å². The van der Waals surface area contributed by atoms with Crippen LogP contribution in [0.3, 0.4) is 0 Å². The van der Waals surface area contributed by atoms with Crippen molar-refractivity contribution in [1.82, 2.24) is 9.55 Å². The topological polar surface area (TPSA) is 55.1 Å². The number of carbonyl (C=O) groups is 1. The smallest absolute Gasteiger partial charge is 0.455 e. The first kappa shape index (κ1) is 15.1. The average Bonchev–Trinajstić information content (AvgIpc) is 2.62. The number of Topliss-reactive ketones (excluding diaryl/α,β-unsaturated/α-hetero) is 1. The van der Waals surface area contributed by atoms with Crippen LogP contribution < -0.4 is 0 Å². The van der Waals surface area contributed by atoms with Gasteiger partial charge in [-0.3, -0.25) is 4.79 Å². The first-order valence-corrected chi connectivity index (χ1v) is 4.56. The van der Waals surface area contributed by atoms with Crippen molar-refractivity contribution in [3.8, 4) is 0 Å². The van der Waals surface area contributed by atoms with Crippen LogP contribution in [0.5, 0.6) is 0 Å². The molecule has 10 heteroatoms. The number of halogens is 6. The zero-order valence-corrected chi connectivity index (χ0v) is 9.17. The van der Waals surface area contributed by atoms with Gasteiger partial charge < -0.3 is 9.67 Å². The molecule has 1 heterocycles. The summed E-state index contributed by atoms with van der Waals surface area (Å²) in [6.45, 7) is 0. The summed E-state index contributed by atoms with van der Waals surface area (Å²) in [7, 11) is 1.08. The van der Waals surface area contributed by atoms with Gasteiger partial charge in [-0.05, 0) is 0 Å². The molecule has 0 radical (unpaired) electrons. The molecular weight excluding hydrogens is 282 g/mol. The second-order valence-electron chi connectivity index (χ2n) is 3.41. The number of rotatable bonds is 2. The Morgan fingerprint density at radius 3 is 2.05 bits per heavy atom. The van der Waals surface area contributed by atoms with Crippen molar-refractivity contribution in [2.45, 2.75) is 12.4 Å². The molecule has 0 atom stereocenters. The van der Waals surface area contributed by atoms with E-state index in [2.05, 4.69) is 4.98 Å². The Kier molecular flexibility index (Phi) is 3.64. The Balaban J connectivity index is 3.54. The monoisotopic (exact) mass is 288 g/mol. The molecule has 0 aromatic carbocycles. The standard InChI is InChI=1S/C9H6F6N2O2/c1-17-3-2-16-7(17)4(5(18)8(10,11)12)6(19)9(13,14)15/h2-3,18H,1H3/b5-4+. The predicted molar refractivity (Wildman–Crippen MR) is 49.9 cm³/mol. The molecule has 0 saturated carbocycles. The molecule has 0 unspecified atom stereocenters. The summed E-state index contributed by atoms with van der Waals surface area (Å²) in [5.74, 6) is -6.39. The summed E-state index contributed by atoms with van der Waals surface area (Å²) >= 11 is 0. The Morgan fingerprint density at radius 1 is 1.21 bits per heavy atom. The maximum absolute atomic E-state index is 12.3. The van der Waals surface area contributed by atoms with E-state index in [1.807, 2.05) is 0 Å². The fourth-order valence-corrected chi connectivity index (χ4v) is 1.20. The van der Waals surface area contributed by atoms with E-state index in [1.165, 1.54) is 0 Å². The predicted octanol–water partition coefficient (Wildman–Crippen LogP) is 2.38. The molecule has 1 N–H and O–H groups in total. The minimum atomic E-state index is -5.57. The van der Waals surface area contributed by atoms with Crippen LogP contribution in [0.2, 0.25) is 0 Å². The number of aromatic nitrogens is 2. The lowest BCUT2D eigenvalue weighted by atomic mass is 10.1. The number of carbonyl (C=O) groups excluding carboxylic acids is 1. The second-order valence-corrected chi connectivity index (χ2v) is 3.41. The van der Waals surface area contributed by atoms with Crippen LogP contribution in [0.4, 0.5) is 26.3 Å². The molecule has 1 aromatic heterocycles. The van der Waals surface area contributed by atoms with Crippen molar-refractivity contribution in [2.24, 2.45) is 7.05 Å². The zero-order chi connectivity index (χ0) is 15.0. The van der Waals surface area contributed by atoms with E-state index in [1.54, 1.807) is 0 Å². The summed E-state index contributed by atoms with van der Waals surface area (Å²) in [6.07, 6.45) is -9.14. The highest BCUT2D eigenvalue weighted by molar-refractivity contribution is 6.23. The van der Waals surface area contributed by atoms with E-state index in [0.717, 1.165) is 24.0 Å². The number of nitrogens with zero attached hydrogens (tertiary/aromatic N) is 2. The third kappa shape index (κ3) is 3.06. The van der Waals surface area contributed by atoms with E-state index >= 15 is 0 Å². The average molecular weight is 288 g/mol. The number of aliphatic hydroxyl groups is 1. The molecule has 0 saturated heterocycles. The number of hydrogen-bond acceptors (Lipinski definition) is 3. The van der Waals surface area contributed by atoms with Crippen molar-refractivity contribution in [3.05, 3.63) is 24.0 Å². The van der Waals surface area contributed by atoms with Crippen LogP contribution in [0, 0.1) is 0 Å². The minimum Gasteiger partial charge on any atom is -0.504 e. The first-order chi connectivity index (χ1) is 8.46. The van der Waals surface area contributed by atoms with Crippen molar-refractivity contribution in [1.29, 1.82) is 0 Å². The molecule has 0 spiro atoms. The number of hydrogen-bond donors (Lipinski definition) is 1. The number of aliphatic hydroxyl groups excluding tert-OH is 1. The van der Waals surface area contributed by atoms with Gasteiger partial charge in [0.15, 0.2) is 0 Å². The molecule has 1 aromatic rings. The first-order valence-electron chi connectivity index (χ1n) is 4.56. The van der Waals surface area contributed by atoms with Crippen LogP contribution in [0.25, 0.3) is 5.57 Å². The van der Waals surface area contributed by atoms with Gasteiger partial charge in [-0.2, -0.15) is 26.3 Å². The number of alkyl halides is 6. The van der Waals surface area contributed by atoms with E-state index in [-0.39, 0.29) is 0 Å². The van der Waals surface area contributed by atoms with Gasteiger partial charge in [0.25, 0.3) is 5.78 Å². The van der Waals surface area contributed by atoms with Gasteiger partial charge in [0, 0.05) is 19.4 Å². The Morgan fingerprint density at radius 2 is 1.74 bits per heavy atom. The molecule has 1 rings (SSSR count). The number of ketones is 1. The van der Waals surface area contributed by atoms with Gasteiger partial charge >= 0.3 is 12.4 Å². The summed E-state index contributed by atoms with van der Waals surface area (Å²) in [5, 5.41) is 8.86. The summed E-state index contributed by atoms with van der Waals surface area (Å²) < 4.78 is 74.5. The van der Waals surface area contributed by atoms with Crippen LogP contribution >= 0.6 is 0 Å². The summed E-state index contributed by atoms with van der Waals surface area (Å²) in [5.41, 5.74) is -1.94. The van der Waals surface area contributed by atoms with E-state index < -0.39 is 35.3 Å². The van der Waals surface area contributed by atoms with Gasteiger partial charge in [-0.15, -0.1) is 0 Å². The van der Waals surface area contributed by atoms with Crippen molar-refractivity contribution in [2.75, 3.05) is 0 Å². The van der Waals surface area contributed by atoms with Crippen molar-refractivity contribution < 1.29 is 36.2 Å². The molecule has 0 amide bonds. The molecule has 0 fully saturated rings. The maximum atomic E-state index is 12.3. The number of imidazole rings is 1. The lowest BCUT2D eigenvalue weighted by Gasteiger charge is -2.13. The van der Waals surface area contributed by atoms with E-state index in [9.17, 15) is 31.1 Å². The van der Waals surface area contributed by atoms with Gasteiger partial charge in [-0.1, -0.05) is 0 Å². The zero-order valence-electron chi connectivity index (χ0n) is 9.17. The number of allylic oxidation sites excluding steroid dienone is 2. The molecule has 0 aliphatic carbocycles. The molecular formula is C9H6F6N2O2. The van der Waals surface area contributed by atoms with Crippen molar-refractivity contribution >= 4 is 11.4 Å². The van der Waals surface area contributed by atoms with Gasteiger partial charge in [0.2, 0.25) is 5.76 Å². The van der Waals surface area contributed by atoms with E-state index in [4.69, 9.17) is 5.11 Å². The number of aryl methyl sites for hydroxylation is 1. The summed E-state index contributed by atoms with van der Waals surface area (Å²) in [4.78, 5) is 14.2. The lowest BCUT2D eigenvalue weighted by Crippen LogP contribution is -2.28. The van der Waals surface area contributed by atoms with Crippen LogP contribution in [0.1, 0.15) is 5.82 Å². The Labute approximate surface area is 102 Å². The van der Waals surface area contributed by atoms with Crippen LogP contribution in [-0.4, -0.2) is 32.8 Å². The highest BCUT2D eigenvalue weighted by Crippen LogP contribution is 2.34. The van der Waals surface area contributed by atoms with Gasteiger partial charge in [0.05, 0.1) is 0 Å². The third-order valence-electron chi connectivity index (χ3n) is 2.03. The minimum absolute atomic E-state index is 0.751. The quantitative estimate of drug-likeness (QED) is 0.516. The molecule has 0 aliphatic rings. The summed E-state index contributed by atoms with van der Waals surface area (Å²) in [6, 6.07) is 0. The third-order valence-corrected chi connectivity index (χ3v) is 2.03. The molecule has 19 heavy (non-hydrogen) atoms. The molecule has 106 valence electrons.